The Hall–Kier alpha value is -1.56. The average Bonchev–Trinajstić information content (AvgIpc) is 2.32. The van der Waals surface area contributed by atoms with Crippen LogP contribution in [0.1, 0.15) is 22.7 Å². The lowest BCUT2D eigenvalue weighted by Gasteiger charge is -2.20. The SMILES string of the molecule is COC(=O)C(NCC(F)(F)F)c1cccc(C)c1C. The van der Waals surface area contributed by atoms with Gasteiger partial charge in [-0.2, -0.15) is 13.2 Å². The Morgan fingerprint density at radius 1 is 1.37 bits per heavy atom. The quantitative estimate of drug-likeness (QED) is 0.859. The second kappa shape index (κ2) is 6.06. The van der Waals surface area contributed by atoms with E-state index in [1.165, 1.54) is 0 Å². The molecule has 1 aromatic carbocycles. The molecule has 0 saturated carbocycles. The van der Waals surface area contributed by atoms with Crippen molar-refractivity contribution in [3.63, 3.8) is 0 Å². The molecule has 0 aromatic heterocycles. The summed E-state index contributed by atoms with van der Waals surface area (Å²) in [6.45, 7) is 2.34. The summed E-state index contributed by atoms with van der Waals surface area (Å²) < 4.78 is 41.4. The Kier molecular flexibility index (Phi) is 4.94. The van der Waals surface area contributed by atoms with Crippen molar-refractivity contribution in [3.05, 3.63) is 34.9 Å². The molecule has 0 aliphatic heterocycles. The van der Waals surface area contributed by atoms with Gasteiger partial charge in [-0.25, -0.2) is 4.79 Å². The van der Waals surface area contributed by atoms with Crippen LogP contribution in [0.5, 0.6) is 0 Å². The van der Waals surface area contributed by atoms with Crippen LogP contribution in [-0.4, -0.2) is 25.8 Å². The van der Waals surface area contributed by atoms with Crippen molar-refractivity contribution >= 4 is 5.97 Å². The number of nitrogens with one attached hydrogen (secondary N) is 1. The molecule has 0 radical (unpaired) electrons. The van der Waals surface area contributed by atoms with Crippen LogP contribution < -0.4 is 5.32 Å². The van der Waals surface area contributed by atoms with Crippen LogP contribution in [0.3, 0.4) is 0 Å². The lowest BCUT2D eigenvalue weighted by molar-refractivity contribution is -0.146. The molecule has 0 aliphatic rings. The number of ether oxygens (including phenoxy) is 1. The molecule has 3 nitrogen and oxygen atoms in total. The molecule has 0 amide bonds. The minimum Gasteiger partial charge on any atom is -0.468 e. The molecular weight excluding hydrogens is 259 g/mol. The predicted octanol–water partition coefficient (Wildman–Crippen LogP) is 2.67. The topological polar surface area (TPSA) is 38.3 Å². The normalized spacial score (nSPS) is 13.2. The summed E-state index contributed by atoms with van der Waals surface area (Å²) in [5, 5.41) is 2.20. The number of benzene rings is 1. The molecule has 1 rings (SSSR count). The van der Waals surface area contributed by atoms with Crippen LogP contribution in [0.25, 0.3) is 0 Å². The Labute approximate surface area is 109 Å². The zero-order valence-corrected chi connectivity index (χ0v) is 11.0. The van der Waals surface area contributed by atoms with E-state index >= 15 is 0 Å². The van der Waals surface area contributed by atoms with Crippen LogP contribution in [-0.2, 0) is 9.53 Å². The maximum atomic E-state index is 12.3. The lowest BCUT2D eigenvalue weighted by atomic mass is 9.97. The first-order chi connectivity index (χ1) is 8.76. The summed E-state index contributed by atoms with van der Waals surface area (Å²) in [7, 11) is 1.15. The standard InChI is InChI=1S/C13H16F3NO2/c1-8-5-4-6-10(9(8)2)11(12(18)19-3)17-7-13(14,15)16/h4-6,11,17H,7H2,1-3H3. The van der Waals surface area contributed by atoms with Crippen molar-refractivity contribution in [2.24, 2.45) is 0 Å². The van der Waals surface area contributed by atoms with Gasteiger partial charge in [0.1, 0.15) is 6.04 Å². The van der Waals surface area contributed by atoms with Crippen LogP contribution in [0.15, 0.2) is 18.2 Å². The largest absolute Gasteiger partial charge is 0.468 e. The summed E-state index contributed by atoms with van der Waals surface area (Å²) >= 11 is 0. The van der Waals surface area contributed by atoms with Crippen molar-refractivity contribution < 1.29 is 22.7 Å². The van der Waals surface area contributed by atoms with Crippen LogP contribution in [0, 0.1) is 13.8 Å². The number of hydrogen-bond acceptors (Lipinski definition) is 3. The Bertz CT molecular complexity index is 458. The number of carbonyl (C=O) groups excluding carboxylic acids is 1. The smallest absolute Gasteiger partial charge is 0.401 e. The second-order valence-corrected chi connectivity index (χ2v) is 4.24. The van der Waals surface area contributed by atoms with Gasteiger partial charge >= 0.3 is 12.1 Å². The van der Waals surface area contributed by atoms with E-state index < -0.39 is 24.7 Å². The first kappa shape index (κ1) is 15.5. The van der Waals surface area contributed by atoms with Crippen molar-refractivity contribution in [3.8, 4) is 0 Å². The van der Waals surface area contributed by atoms with Gasteiger partial charge in [0.05, 0.1) is 13.7 Å². The fourth-order valence-corrected chi connectivity index (χ4v) is 1.74. The maximum Gasteiger partial charge on any atom is 0.401 e. The van der Waals surface area contributed by atoms with Crippen molar-refractivity contribution in [2.45, 2.75) is 26.1 Å². The van der Waals surface area contributed by atoms with Gasteiger partial charge in [0.15, 0.2) is 0 Å². The highest BCUT2D eigenvalue weighted by Gasteiger charge is 2.31. The Morgan fingerprint density at radius 3 is 2.53 bits per heavy atom. The highest BCUT2D eigenvalue weighted by molar-refractivity contribution is 5.78. The average molecular weight is 275 g/mol. The van der Waals surface area contributed by atoms with E-state index in [1.54, 1.807) is 19.1 Å². The minimum absolute atomic E-state index is 0.496. The monoisotopic (exact) mass is 275 g/mol. The van der Waals surface area contributed by atoms with Crippen LogP contribution in [0.4, 0.5) is 13.2 Å². The summed E-state index contributed by atoms with van der Waals surface area (Å²) in [5.74, 6) is -0.738. The first-order valence-electron chi connectivity index (χ1n) is 5.70. The molecule has 0 bridgehead atoms. The summed E-state index contributed by atoms with van der Waals surface area (Å²) in [6, 6.07) is 4.03. The number of halogens is 3. The summed E-state index contributed by atoms with van der Waals surface area (Å²) in [4.78, 5) is 11.6. The van der Waals surface area contributed by atoms with E-state index in [0.717, 1.165) is 18.2 Å². The van der Waals surface area contributed by atoms with E-state index in [1.807, 2.05) is 13.0 Å². The van der Waals surface area contributed by atoms with Crippen LogP contribution >= 0.6 is 0 Å². The molecule has 6 heteroatoms. The molecule has 0 spiro atoms. The van der Waals surface area contributed by atoms with E-state index in [0.29, 0.717) is 5.56 Å². The fraction of sp³-hybridized carbons (Fsp3) is 0.462. The molecule has 1 aromatic rings. The number of hydrogen-bond donors (Lipinski definition) is 1. The van der Waals surface area contributed by atoms with Gasteiger partial charge in [-0.1, -0.05) is 18.2 Å². The van der Waals surface area contributed by atoms with Gasteiger partial charge < -0.3 is 4.74 Å². The summed E-state index contributed by atoms with van der Waals surface area (Å²) in [6.07, 6.45) is -4.38. The van der Waals surface area contributed by atoms with Crippen molar-refractivity contribution in [2.75, 3.05) is 13.7 Å². The highest BCUT2D eigenvalue weighted by Crippen LogP contribution is 2.23. The summed E-state index contributed by atoms with van der Waals surface area (Å²) in [5.41, 5.74) is 2.17. The second-order valence-electron chi connectivity index (χ2n) is 4.24. The number of aryl methyl sites for hydroxylation is 1. The van der Waals surface area contributed by atoms with Gasteiger partial charge in [0.25, 0.3) is 0 Å². The predicted molar refractivity (Wildman–Crippen MR) is 64.7 cm³/mol. The van der Waals surface area contributed by atoms with Crippen molar-refractivity contribution in [1.82, 2.24) is 5.32 Å². The molecule has 0 aliphatic carbocycles. The lowest BCUT2D eigenvalue weighted by Crippen LogP contribution is -2.37. The number of methoxy groups -OCH3 is 1. The van der Waals surface area contributed by atoms with Crippen LogP contribution in [0.2, 0.25) is 0 Å². The van der Waals surface area contributed by atoms with Gasteiger partial charge in [-0.15, -0.1) is 0 Å². The van der Waals surface area contributed by atoms with E-state index in [4.69, 9.17) is 0 Å². The highest BCUT2D eigenvalue weighted by atomic mass is 19.4. The zero-order valence-electron chi connectivity index (χ0n) is 11.0. The fourth-order valence-electron chi connectivity index (χ4n) is 1.74. The first-order valence-corrected chi connectivity index (χ1v) is 5.70. The molecular formula is C13H16F3NO2. The number of alkyl halides is 3. The van der Waals surface area contributed by atoms with Gasteiger partial charge in [-0.3, -0.25) is 5.32 Å². The maximum absolute atomic E-state index is 12.3. The molecule has 0 heterocycles. The van der Waals surface area contributed by atoms with Crippen molar-refractivity contribution in [1.29, 1.82) is 0 Å². The van der Waals surface area contributed by atoms with Gasteiger partial charge in [0, 0.05) is 0 Å². The third kappa shape index (κ3) is 4.24. The van der Waals surface area contributed by atoms with E-state index in [-0.39, 0.29) is 0 Å². The van der Waals surface area contributed by atoms with E-state index in [2.05, 4.69) is 10.1 Å². The number of carbonyl (C=O) groups is 1. The molecule has 0 saturated heterocycles. The molecule has 19 heavy (non-hydrogen) atoms. The molecule has 0 fully saturated rings. The molecule has 1 atom stereocenters. The Balaban J connectivity index is 3.03. The van der Waals surface area contributed by atoms with Gasteiger partial charge in [-0.05, 0) is 30.5 Å². The van der Waals surface area contributed by atoms with Gasteiger partial charge in [0.2, 0.25) is 0 Å². The van der Waals surface area contributed by atoms with E-state index in [9.17, 15) is 18.0 Å². The molecule has 1 N–H and O–H groups in total. The number of rotatable bonds is 4. The minimum atomic E-state index is -4.38. The Morgan fingerprint density at radius 2 is 2.00 bits per heavy atom. The molecule has 106 valence electrons. The number of esters is 1. The third-order valence-electron chi connectivity index (χ3n) is 2.90. The third-order valence-corrected chi connectivity index (χ3v) is 2.90. The molecule has 1 unspecified atom stereocenters. The zero-order chi connectivity index (χ0) is 14.6.